The Balaban J connectivity index is 3.93. The Morgan fingerprint density at radius 2 is 1.75 bits per heavy atom. The van der Waals surface area contributed by atoms with Crippen LogP contribution in [0, 0.1) is 5.41 Å². The number of rotatable bonds is 6. The second-order valence-electron chi connectivity index (χ2n) is 3.66. The van der Waals surface area contributed by atoms with Crippen LogP contribution in [0.15, 0.2) is 0 Å². The van der Waals surface area contributed by atoms with E-state index in [1.165, 1.54) is 25.7 Å². The predicted molar refractivity (Wildman–Crippen MR) is 64.4 cm³/mol. The van der Waals surface area contributed by atoms with Gasteiger partial charge in [0.15, 0.2) is 0 Å². The fourth-order valence-corrected chi connectivity index (χ4v) is 2.59. The molecule has 1 unspecified atom stereocenters. The van der Waals surface area contributed by atoms with Crippen LogP contribution in [-0.4, -0.2) is 10.2 Å². The second kappa shape index (κ2) is 6.42. The molecule has 0 aliphatic heterocycles. The highest BCUT2D eigenvalue weighted by Gasteiger charge is 2.27. The summed E-state index contributed by atoms with van der Waals surface area (Å²) in [6, 6.07) is 0. The van der Waals surface area contributed by atoms with Crippen molar-refractivity contribution in [3.63, 3.8) is 0 Å². The fourth-order valence-electron chi connectivity index (χ4n) is 1.30. The molecule has 0 aromatic rings. The summed E-state index contributed by atoms with van der Waals surface area (Å²) in [4.78, 5) is 0.678. The molecule has 0 bridgehead atoms. The van der Waals surface area contributed by atoms with Crippen LogP contribution in [0.1, 0.15) is 46.5 Å². The van der Waals surface area contributed by atoms with Gasteiger partial charge in [0.25, 0.3) is 0 Å². The van der Waals surface area contributed by atoms with Gasteiger partial charge in [0.2, 0.25) is 0 Å². The molecule has 0 aromatic heterocycles. The van der Waals surface area contributed by atoms with Gasteiger partial charge in [-0.05, 0) is 31.1 Å². The maximum Gasteiger partial charge on any atom is 0.0199 e. The Morgan fingerprint density at radius 1 is 1.25 bits per heavy atom. The van der Waals surface area contributed by atoms with E-state index in [9.17, 15) is 0 Å². The summed E-state index contributed by atoms with van der Waals surface area (Å²) < 4.78 is 0. The van der Waals surface area contributed by atoms with Crippen LogP contribution in [0.3, 0.4) is 0 Å². The molecule has 2 heteroatoms. The standard InChI is InChI=1S/C10H20Br2/c1-4-10(3,5-2)9(12)7-6-8-11/h9H,4-8H2,1-3H3. The third-order valence-corrected chi connectivity index (χ3v) is 5.09. The van der Waals surface area contributed by atoms with E-state index < -0.39 is 0 Å². The molecule has 0 fully saturated rings. The van der Waals surface area contributed by atoms with Gasteiger partial charge in [-0.1, -0.05) is 52.6 Å². The fraction of sp³-hybridized carbons (Fsp3) is 1.00. The van der Waals surface area contributed by atoms with E-state index in [1.807, 2.05) is 0 Å². The first-order valence-electron chi connectivity index (χ1n) is 4.80. The first kappa shape index (κ1) is 13.0. The minimum atomic E-state index is 0.488. The van der Waals surface area contributed by atoms with Gasteiger partial charge in [-0.25, -0.2) is 0 Å². The molecule has 0 spiro atoms. The molecule has 0 aromatic carbocycles. The summed E-state index contributed by atoms with van der Waals surface area (Å²) in [6.45, 7) is 6.94. The molecule has 0 saturated heterocycles. The van der Waals surface area contributed by atoms with Crippen molar-refractivity contribution in [2.24, 2.45) is 5.41 Å². The molecule has 0 rings (SSSR count). The largest absolute Gasteiger partial charge is 0.0928 e. The van der Waals surface area contributed by atoms with Crippen LogP contribution in [0.4, 0.5) is 0 Å². The van der Waals surface area contributed by atoms with Gasteiger partial charge in [0.05, 0.1) is 0 Å². The highest BCUT2D eigenvalue weighted by molar-refractivity contribution is 9.09. The van der Waals surface area contributed by atoms with Gasteiger partial charge < -0.3 is 0 Å². The molecule has 0 amide bonds. The summed E-state index contributed by atoms with van der Waals surface area (Å²) >= 11 is 7.27. The maximum absolute atomic E-state index is 3.80. The molecular weight excluding hydrogens is 280 g/mol. The van der Waals surface area contributed by atoms with Crippen molar-refractivity contribution in [1.82, 2.24) is 0 Å². The average Bonchev–Trinajstić information content (AvgIpc) is 2.12. The Morgan fingerprint density at radius 3 is 2.08 bits per heavy atom. The van der Waals surface area contributed by atoms with Crippen molar-refractivity contribution < 1.29 is 0 Å². The molecule has 74 valence electrons. The van der Waals surface area contributed by atoms with E-state index in [2.05, 4.69) is 52.6 Å². The van der Waals surface area contributed by atoms with Crippen LogP contribution in [0.5, 0.6) is 0 Å². The van der Waals surface area contributed by atoms with Crippen LogP contribution < -0.4 is 0 Å². The molecule has 1 atom stereocenters. The lowest BCUT2D eigenvalue weighted by atomic mass is 9.80. The summed E-state index contributed by atoms with van der Waals surface area (Å²) in [7, 11) is 0. The quantitative estimate of drug-likeness (QED) is 0.621. The molecule has 12 heavy (non-hydrogen) atoms. The third-order valence-electron chi connectivity index (χ3n) is 2.96. The Kier molecular flexibility index (Phi) is 6.93. The first-order valence-corrected chi connectivity index (χ1v) is 6.84. The van der Waals surface area contributed by atoms with Crippen molar-refractivity contribution in [2.45, 2.75) is 51.3 Å². The summed E-state index contributed by atoms with van der Waals surface area (Å²) in [5.41, 5.74) is 0.488. The summed E-state index contributed by atoms with van der Waals surface area (Å²) in [6.07, 6.45) is 5.08. The molecular formula is C10H20Br2. The van der Waals surface area contributed by atoms with Gasteiger partial charge in [-0.3, -0.25) is 0 Å². The number of alkyl halides is 2. The molecule has 0 saturated carbocycles. The Hall–Kier alpha value is 0.960. The third kappa shape index (κ3) is 3.78. The van der Waals surface area contributed by atoms with Gasteiger partial charge in [-0.2, -0.15) is 0 Å². The number of halogens is 2. The molecule has 0 aliphatic rings. The topological polar surface area (TPSA) is 0 Å². The summed E-state index contributed by atoms with van der Waals surface area (Å²) in [5, 5.41) is 1.12. The second-order valence-corrected chi connectivity index (χ2v) is 5.56. The highest BCUT2D eigenvalue weighted by Crippen LogP contribution is 2.37. The Labute approximate surface area is 93.8 Å². The average molecular weight is 300 g/mol. The number of hydrogen-bond donors (Lipinski definition) is 0. The predicted octanol–water partition coefficient (Wildman–Crippen LogP) is 4.75. The molecule has 0 heterocycles. The zero-order chi connectivity index (χ0) is 9.61. The van der Waals surface area contributed by atoms with Gasteiger partial charge in [-0.15, -0.1) is 0 Å². The van der Waals surface area contributed by atoms with Crippen LogP contribution in [0.25, 0.3) is 0 Å². The van der Waals surface area contributed by atoms with Crippen LogP contribution >= 0.6 is 31.9 Å². The Bertz CT molecular complexity index is 108. The van der Waals surface area contributed by atoms with Crippen molar-refractivity contribution in [3.05, 3.63) is 0 Å². The summed E-state index contributed by atoms with van der Waals surface area (Å²) in [5.74, 6) is 0. The van der Waals surface area contributed by atoms with E-state index in [1.54, 1.807) is 0 Å². The maximum atomic E-state index is 3.80. The zero-order valence-corrected chi connectivity index (χ0v) is 11.5. The van der Waals surface area contributed by atoms with Crippen LogP contribution in [0.2, 0.25) is 0 Å². The van der Waals surface area contributed by atoms with E-state index in [-0.39, 0.29) is 0 Å². The van der Waals surface area contributed by atoms with Gasteiger partial charge in [0, 0.05) is 10.2 Å². The van der Waals surface area contributed by atoms with E-state index in [0.717, 1.165) is 5.33 Å². The van der Waals surface area contributed by atoms with E-state index in [0.29, 0.717) is 10.2 Å². The lowest BCUT2D eigenvalue weighted by Crippen LogP contribution is -2.26. The monoisotopic (exact) mass is 298 g/mol. The minimum Gasteiger partial charge on any atom is -0.0928 e. The first-order chi connectivity index (χ1) is 5.60. The lowest BCUT2D eigenvalue weighted by molar-refractivity contribution is 0.281. The van der Waals surface area contributed by atoms with Crippen molar-refractivity contribution in [3.8, 4) is 0 Å². The SMILES string of the molecule is CCC(C)(CC)C(Br)CCCBr. The molecule has 0 nitrogen and oxygen atoms in total. The molecule has 0 N–H and O–H groups in total. The smallest absolute Gasteiger partial charge is 0.0199 e. The van der Waals surface area contributed by atoms with Gasteiger partial charge >= 0.3 is 0 Å². The van der Waals surface area contributed by atoms with Gasteiger partial charge in [0.1, 0.15) is 0 Å². The van der Waals surface area contributed by atoms with E-state index >= 15 is 0 Å². The lowest BCUT2D eigenvalue weighted by Gasteiger charge is -2.32. The molecule has 0 aliphatic carbocycles. The minimum absolute atomic E-state index is 0.488. The highest BCUT2D eigenvalue weighted by atomic mass is 79.9. The van der Waals surface area contributed by atoms with Crippen molar-refractivity contribution >= 4 is 31.9 Å². The zero-order valence-electron chi connectivity index (χ0n) is 8.37. The van der Waals surface area contributed by atoms with E-state index in [4.69, 9.17) is 0 Å². The molecule has 0 radical (unpaired) electrons. The van der Waals surface area contributed by atoms with Crippen LogP contribution in [-0.2, 0) is 0 Å². The van der Waals surface area contributed by atoms with Crippen molar-refractivity contribution in [1.29, 1.82) is 0 Å². The number of hydrogen-bond acceptors (Lipinski definition) is 0. The normalized spacial score (nSPS) is 14.8. The van der Waals surface area contributed by atoms with Crippen molar-refractivity contribution in [2.75, 3.05) is 5.33 Å².